The van der Waals surface area contributed by atoms with Gasteiger partial charge in [-0.15, -0.1) is 0 Å². The molecule has 0 atom stereocenters. The van der Waals surface area contributed by atoms with Crippen LogP contribution in [0, 0.1) is 0 Å². The summed E-state index contributed by atoms with van der Waals surface area (Å²) in [7, 11) is 0. The van der Waals surface area contributed by atoms with E-state index in [-0.39, 0.29) is 0 Å². The maximum absolute atomic E-state index is 5.85. The smallest absolute Gasteiger partial charge is 0.113 e. The number of hydrogen-bond acceptors (Lipinski definition) is 10. The molecule has 1 fully saturated rings. The van der Waals surface area contributed by atoms with Gasteiger partial charge in [0.25, 0.3) is 0 Å². The normalized spacial score (nSPS) is 18.9. The van der Waals surface area contributed by atoms with Crippen molar-refractivity contribution in [3.8, 4) is 0 Å². The summed E-state index contributed by atoms with van der Waals surface area (Å²) in [6.07, 6.45) is 0. The summed E-state index contributed by atoms with van der Waals surface area (Å²) in [6.45, 7) is 8.70. The molecule has 0 radical (unpaired) electrons. The molecule has 4 aromatic rings. The third-order valence-corrected chi connectivity index (χ3v) is 6.26. The number of hydrogen-bond donors (Lipinski definition) is 0. The molecule has 1 aliphatic heterocycles. The number of aromatic nitrogens is 6. The Morgan fingerprint density at radius 2 is 0.737 bits per heavy atom. The van der Waals surface area contributed by atoms with E-state index >= 15 is 0 Å². The fourth-order valence-corrected chi connectivity index (χ4v) is 4.22. The SMILES string of the molecule is c1ccc2nn(CN3CCOCCOCCN(Cn4nc5ccccc5n4)CCOCCOCC3)nc2c1. The van der Waals surface area contributed by atoms with E-state index in [1.807, 2.05) is 48.5 Å². The first-order valence-corrected chi connectivity index (χ1v) is 13.2. The molecule has 0 amide bonds. The van der Waals surface area contributed by atoms with Crippen molar-refractivity contribution in [1.29, 1.82) is 0 Å². The zero-order chi connectivity index (χ0) is 25.8. The van der Waals surface area contributed by atoms with Gasteiger partial charge in [-0.05, 0) is 24.3 Å². The Labute approximate surface area is 222 Å². The van der Waals surface area contributed by atoms with Crippen LogP contribution in [0.5, 0.6) is 0 Å². The summed E-state index contributed by atoms with van der Waals surface area (Å²) in [6, 6.07) is 15.8. The van der Waals surface area contributed by atoms with Crippen LogP contribution in [0.2, 0.25) is 0 Å². The number of benzene rings is 2. The van der Waals surface area contributed by atoms with Gasteiger partial charge in [0.2, 0.25) is 0 Å². The number of nitrogens with zero attached hydrogens (tertiary/aromatic N) is 8. The van der Waals surface area contributed by atoms with Crippen molar-refractivity contribution in [3.63, 3.8) is 0 Å². The van der Waals surface area contributed by atoms with Crippen LogP contribution in [0.3, 0.4) is 0 Å². The molecule has 1 saturated heterocycles. The molecule has 12 nitrogen and oxygen atoms in total. The van der Waals surface area contributed by atoms with Crippen molar-refractivity contribution in [2.75, 3.05) is 79.0 Å². The number of rotatable bonds is 4. The highest BCUT2D eigenvalue weighted by Gasteiger charge is 2.11. The average Bonchev–Trinajstić information content (AvgIpc) is 3.53. The molecule has 0 bridgehead atoms. The van der Waals surface area contributed by atoms with Crippen LogP contribution >= 0.6 is 0 Å². The number of ether oxygens (including phenoxy) is 4. The van der Waals surface area contributed by atoms with Crippen LogP contribution in [0.4, 0.5) is 0 Å². The Morgan fingerprint density at radius 1 is 0.447 bits per heavy atom. The second-order valence-electron chi connectivity index (χ2n) is 9.09. The molecule has 204 valence electrons. The molecule has 2 aromatic carbocycles. The van der Waals surface area contributed by atoms with Crippen LogP contribution in [0.25, 0.3) is 22.1 Å². The second kappa shape index (κ2) is 14.2. The van der Waals surface area contributed by atoms with E-state index in [0.717, 1.165) is 48.2 Å². The van der Waals surface area contributed by atoms with Crippen LogP contribution in [0.1, 0.15) is 0 Å². The maximum atomic E-state index is 5.85. The molecule has 1 aliphatic rings. The third-order valence-electron chi connectivity index (χ3n) is 6.26. The van der Waals surface area contributed by atoms with Gasteiger partial charge in [-0.3, -0.25) is 9.80 Å². The van der Waals surface area contributed by atoms with Gasteiger partial charge in [-0.25, -0.2) is 0 Å². The van der Waals surface area contributed by atoms with E-state index in [0.29, 0.717) is 66.2 Å². The van der Waals surface area contributed by atoms with Gasteiger partial charge in [0.1, 0.15) is 35.4 Å². The lowest BCUT2D eigenvalue weighted by Gasteiger charge is -2.23. The molecule has 12 heteroatoms. The van der Waals surface area contributed by atoms with Gasteiger partial charge in [-0.2, -0.15) is 30.0 Å². The minimum atomic E-state index is 0.545. The minimum absolute atomic E-state index is 0.545. The molecule has 5 rings (SSSR count). The van der Waals surface area contributed by atoms with Crippen LogP contribution in [-0.4, -0.2) is 119 Å². The highest BCUT2D eigenvalue weighted by molar-refractivity contribution is 5.73. The highest BCUT2D eigenvalue weighted by atomic mass is 16.5. The van der Waals surface area contributed by atoms with Gasteiger partial charge in [0.05, 0.1) is 52.9 Å². The maximum Gasteiger partial charge on any atom is 0.113 e. The summed E-state index contributed by atoms with van der Waals surface area (Å²) >= 11 is 0. The van der Waals surface area contributed by atoms with E-state index in [2.05, 4.69) is 30.2 Å². The molecular weight excluding hydrogens is 488 g/mol. The Bertz CT molecular complexity index is 1070. The van der Waals surface area contributed by atoms with E-state index < -0.39 is 0 Å². The van der Waals surface area contributed by atoms with Gasteiger partial charge in [-0.1, -0.05) is 24.3 Å². The summed E-state index contributed by atoms with van der Waals surface area (Å²) in [5, 5.41) is 18.3. The Morgan fingerprint density at radius 3 is 1.03 bits per heavy atom. The molecule has 0 saturated carbocycles. The third kappa shape index (κ3) is 8.00. The molecular formula is C26H36N8O4. The molecule has 0 N–H and O–H groups in total. The lowest BCUT2D eigenvalue weighted by atomic mass is 10.3. The molecule has 0 aliphatic carbocycles. The number of fused-ring (bicyclic) bond motifs is 2. The molecule has 0 spiro atoms. The van der Waals surface area contributed by atoms with Gasteiger partial charge >= 0.3 is 0 Å². The van der Waals surface area contributed by atoms with Crippen molar-refractivity contribution in [2.24, 2.45) is 0 Å². The van der Waals surface area contributed by atoms with Crippen LogP contribution < -0.4 is 0 Å². The topological polar surface area (TPSA) is 105 Å². The van der Waals surface area contributed by atoms with Gasteiger partial charge < -0.3 is 18.9 Å². The fourth-order valence-electron chi connectivity index (χ4n) is 4.22. The summed E-state index contributed by atoms with van der Waals surface area (Å²) in [4.78, 5) is 7.93. The molecule has 2 aromatic heterocycles. The van der Waals surface area contributed by atoms with Crippen LogP contribution in [0.15, 0.2) is 48.5 Å². The van der Waals surface area contributed by atoms with E-state index in [1.54, 1.807) is 9.59 Å². The molecule has 3 heterocycles. The first kappa shape index (κ1) is 26.6. The predicted octanol–water partition coefficient (Wildman–Crippen LogP) is 1.48. The van der Waals surface area contributed by atoms with E-state index in [9.17, 15) is 0 Å². The predicted molar refractivity (Wildman–Crippen MR) is 141 cm³/mol. The van der Waals surface area contributed by atoms with Crippen LogP contribution in [-0.2, 0) is 32.3 Å². The van der Waals surface area contributed by atoms with Crippen molar-refractivity contribution in [3.05, 3.63) is 48.5 Å². The van der Waals surface area contributed by atoms with Gasteiger partial charge in [0, 0.05) is 26.2 Å². The Kier molecular flexibility index (Phi) is 9.97. The zero-order valence-electron chi connectivity index (χ0n) is 21.7. The second-order valence-corrected chi connectivity index (χ2v) is 9.09. The first-order chi connectivity index (χ1) is 18.8. The zero-order valence-corrected chi connectivity index (χ0v) is 21.7. The lowest BCUT2D eigenvalue weighted by molar-refractivity contribution is -0.00120. The van der Waals surface area contributed by atoms with Crippen molar-refractivity contribution in [1.82, 2.24) is 39.8 Å². The monoisotopic (exact) mass is 524 g/mol. The Hall–Kier alpha value is -3.00. The highest BCUT2D eigenvalue weighted by Crippen LogP contribution is 2.09. The average molecular weight is 525 g/mol. The van der Waals surface area contributed by atoms with E-state index in [1.165, 1.54) is 0 Å². The summed E-state index contributed by atoms with van der Waals surface area (Å²) < 4.78 is 23.4. The minimum Gasteiger partial charge on any atom is -0.378 e. The summed E-state index contributed by atoms with van der Waals surface area (Å²) in [5.74, 6) is 0. The molecule has 38 heavy (non-hydrogen) atoms. The Balaban J connectivity index is 1.09. The van der Waals surface area contributed by atoms with Crippen molar-refractivity contribution < 1.29 is 18.9 Å². The van der Waals surface area contributed by atoms with Gasteiger partial charge in [0.15, 0.2) is 0 Å². The quantitative estimate of drug-likeness (QED) is 0.390. The fraction of sp³-hybridized carbons (Fsp3) is 0.538. The summed E-state index contributed by atoms with van der Waals surface area (Å²) in [5.41, 5.74) is 3.57. The lowest BCUT2D eigenvalue weighted by Crippen LogP contribution is -2.35. The largest absolute Gasteiger partial charge is 0.378 e. The van der Waals surface area contributed by atoms with Crippen molar-refractivity contribution in [2.45, 2.75) is 13.3 Å². The van der Waals surface area contributed by atoms with E-state index in [4.69, 9.17) is 18.9 Å². The van der Waals surface area contributed by atoms with Crippen molar-refractivity contribution >= 4 is 22.1 Å². The first-order valence-electron chi connectivity index (χ1n) is 13.2. The standard InChI is InChI=1S/C26H36N8O4/c1-2-6-24-23(5-1)27-33(28-24)21-31-9-13-35-17-19-37-15-11-32(12-16-38-20-18-36-14-10-31)22-34-29-25-7-3-4-8-26(25)30-34/h1-8H,9-22H2. The molecule has 0 unspecified atom stereocenters.